The van der Waals surface area contributed by atoms with Crippen molar-refractivity contribution in [2.24, 2.45) is 10.5 Å². The zero-order valence-electron chi connectivity index (χ0n) is 26.9. The number of benzene rings is 1. The van der Waals surface area contributed by atoms with Gasteiger partial charge in [0.05, 0.1) is 61.8 Å². The fourth-order valence-corrected chi connectivity index (χ4v) is 5.68. The van der Waals surface area contributed by atoms with Crippen LogP contribution in [0.25, 0.3) is 20.9 Å². The molecule has 3 amide bonds. The summed E-state index contributed by atoms with van der Waals surface area (Å²) in [6.07, 6.45) is -0.696. The van der Waals surface area contributed by atoms with Gasteiger partial charge < -0.3 is 34.9 Å². The third-order valence-corrected chi connectivity index (χ3v) is 8.31. The van der Waals surface area contributed by atoms with E-state index in [0.717, 1.165) is 21.7 Å². The number of aliphatic hydroxyl groups is 1. The molecule has 1 saturated heterocycles. The molecular weight excluding hydrogens is 614 g/mol. The summed E-state index contributed by atoms with van der Waals surface area (Å²) >= 11 is 1.57. The molecule has 1 aliphatic rings. The lowest BCUT2D eigenvalue weighted by Crippen LogP contribution is -2.57. The van der Waals surface area contributed by atoms with E-state index in [9.17, 15) is 19.5 Å². The van der Waals surface area contributed by atoms with Crippen LogP contribution in [0.4, 0.5) is 0 Å². The highest BCUT2D eigenvalue weighted by Gasteiger charge is 2.44. The summed E-state index contributed by atoms with van der Waals surface area (Å²) in [5.74, 6) is -1.14. The molecule has 2 aromatic rings. The molecule has 0 saturated carbocycles. The minimum absolute atomic E-state index is 0.00419. The maximum atomic E-state index is 13.8. The van der Waals surface area contributed by atoms with E-state index in [0.29, 0.717) is 26.4 Å². The number of carbonyl (C=O) groups is 3. The third-order valence-electron chi connectivity index (χ3n) is 7.33. The van der Waals surface area contributed by atoms with Crippen LogP contribution in [0.5, 0.6) is 0 Å². The number of nitrogens with one attached hydrogen (secondary N) is 2. The molecule has 3 atom stereocenters. The number of nitrogens with zero attached hydrogens (tertiary/aromatic N) is 5. The molecule has 14 nitrogen and oxygen atoms in total. The molecule has 1 aromatic carbocycles. The predicted molar refractivity (Wildman–Crippen MR) is 173 cm³/mol. The molecular formula is C31H45N7O7S. The largest absolute Gasteiger partial charge is 0.391 e. The molecule has 3 rings (SSSR count). The molecule has 1 fully saturated rings. The lowest BCUT2D eigenvalue weighted by atomic mass is 9.85. The van der Waals surface area contributed by atoms with Crippen molar-refractivity contribution in [3.63, 3.8) is 0 Å². The number of rotatable bonds is 18. The molecule has 252 valence electrons. The molecule has 3 unspecified atom stereocenters. The molecule has 0 radical (unpaired) electrons. The highest BCUT2D eigenvalue weighted by Crippen LogP contribution is 2.28. The first-order chi connectivity index (χ1) is 22.0. The molecule has 15 heteroatoms. The Labute approximate surface area is 273 Å². The fourth-order valence-electron chi connectivity index (χ4n) is 4.87. The van der Waals surface area contributed by atoms with E-state index in [2.05, 4.69) is 25.6 Å². The van der Waals surface area contributed by atoms with Crippen molar-refractivity contribution < 1.29 is 33.7 Å². The van der Waals surface area contributed by atoms with Crippen LogP contribution in [0.1, 0.15) is 44.9 Å². The van der Waals surface area contributed by atoms with Gasteiger partial charge in [0.15, 0.2) is 0 Å². The number of ether oxygens (including phenoxy) is 3. The smallest absolute Gasteiger partial charge is 0.246 e. The van der Waals surface area contributed by atoms with Crippen molar-refractivity contribution in [1.82, 2.24) is 20.5 Å². The standard InChI is InChI=1S/C31H45N7O7S/c1-21-27(46-20-34-21)23-7-5-22(6-8-23)18-33-29(41)25-17-24(39)19-38(25)30(42)28(31(2,3)4)36-26(40)9-11-43-13-15-45-16-14-44-12-10-35-37-32/h5-8,20,24-25,28,39H,9-19H2,1-4H3,(H,33,41)(H,36,40). The number of thiazole rings is 1. The number of likely N-dealkylation sites (tertiary alicyclic amines) is 1. The van der Waals surface area contributed by atoms with Gasteiger partial charge in [-0.2, -0.15) is 0 Å². The number of aliphatic hydroxyl groups excluding tert-OH is 1. The summed E-state index contributed by atoms with van der Waals surface area (Å²) in [5, 5.41) is 19.5. The Kier molecular flexibility index (Phi) is 14.9. The first-order valence-electron chi connectivity index (χ1n) is 15.3. The molecule has 1 aromatic heterocycles. The Bertz CT molecular complexity index is 1330. The summed E-state index contributed by atoms with van der Waals surface area (Å²) in [7, 11) is 0. The Balaban J connectivity index is 1.45. The lowest BCUT2D eigenvalue weighted by molar-refractivity contribution is -0.144. The van der Waals surface area contributed by atoms with Gasteiger partial charge >= 0.3 is 0 Å². The second-order valence-electron chi connectivity index (χ2n) is 12.0. The number of aromatic nitrogens is 1. The maximum absolute atomic E-state index is 13.8. The first kappa shape index (κ1) is 36.9. The summed E-state index contributed by atoms with van der Waals surface area (Å²) in [6.45, 7) is 9.82. The van der Waals surface area contributed by atoms with Crippen molar-refractivity contribution in [2.45, 2.75) is 65.3 Å². The lowest BCUT2D eigenvalue weighted by Gasteiger charge is -2.35. The van der Waals surface area contributed by atoms with Gasteiger partial charge in [-0.25, -0.2) is 4.98 Å². The highest BCUT2D eigenvalue weighted by molar-refractivity contribution is 7.13. The number of hydrogen-bond acceptors (Lipinski definition) is 10. The fraction of sp³-hybridized carbons (Fsp3) is 0.613. The number of β-amino-alcohol motifs (C(OH)–C–C–N with tert-alkyl or cyclic N) is 1. The van der Waals surface area contributed by atoms with Crippen molar-refractivity contribution in [2.75, 3.05) is 52.7 Å². The van der Waals surface area contributed by atoms with Crippen LogP contribution in [0, 0.1) is 12.3 Å². The topological polar surface area (TPSA) is 188 Å². The van der Waals surface area contributed by atoms with Crippen LogP contribution >= 0.6 is 11.3 Å². The van der Waals surface area contributed by atoms with Gasteiger partial charge in [0, 0.05) is 37.4 Å². The van der Waals surface area contributed by atoms with Crippen LogP contribution < -0.4 is 10.6 Å². The monoisotopic (exact) mass is 659 g/mol. The average molecular weight is 660 g/mol. The zero-order valence-corrected chi connectivity index (χ0v) is 27.8. The maximum Gasteiger partial charge on any atom is 0.246 e. The highest BCUT2D eigenvalue weighted by atomic mass is 32.1. The van der Waals surface area contributed by atoms with Gasteiger partial charge in [-0.05, 0) is 29.0 Å². The Morgan fingerprint density at radius 3 is 2.37 bits per heavy atom. The van der Waals surface area contributed by atoms with E-state index in [1.54, 1.807) is 11.3 Å². The Hall–Kier alpha value is -3.59. The normalized spacial score (nSPS) is 16.9. The van der Waals surface area contributed by atoms with Crippen LogP contribution in [0.15, 0.2) is 34.9 Å². The SMILES string of the molecule is Cc1ncsc1-c1ccc(CNC(=O)C2CC(O)CN2C(=O)C(NC(=O)CCOCCOCCOCCN=[N+]=[N-])C(C)(C)C)cc1. The zero-order chi connectivity index (χ0) is 33.5. The summed E-state index contributed by atoms with van der Waals surface area (Å²) in [4.78, 5) is 49.2. The van der Waals surface area contributed by atoms with Crippen molar-refractivity contribution in [3.8, 4) is 10.4 Å². The van der Waals surface area contributed by atoms with Gasteiger partial charge in [-0.15, -0.1) is 11.3 Å². The predicted octanol–water partition coefficient (Wildman–Crippen LogP) is 2.98. The first-order valence-corrected chi connectivity index (χ1v) is 16.2. The number of azide groups is 1. The van der Waals surface area contributed by atoms with Gasteiger partial charge in [0.25, 0.3) is 0 Å². The number of amides is 3. The van der Waals surface area contributed by atoms with Crippen LogP contribution in [0.3, 0.4) is 0 Å². The molecule has 1 aliphatic heterocycles. The van der Waals surface area contributed by atoms with E-state index >= 15 is 0 Å². The number of aryl methyl sites for hydroxylation is 1. The third kappa shape index (κ3) is 11.6. The van der Waals surface area contributed by atoms with E-state index in [4.69, 9.17) is 19.7 Å². The van der Waals surface area contributed by atoms with E-state index < -0.39 is 29.5 Å². The Morgan fingerprint density at radius 1 is 1.11 bits per heavy atom. The summed E-state index contributed by atoms with van der Waals surface area (Å²) in [5.41, 5.74) is 12.3. The van der Waals surface area contributed by atoms with Gasteiger partial charge in [0.1, 0.15) is 12.1 Å². The van der Waals surface area contributed by atoms with Gasteiger partial charge in [-0.3, -0.25) is 14.4 Å². The van der Waals surface area contributed by atoms with Crippen LogP contribution in [-0.2, 0) is 35.1 Å². The quantitative estimate of drug-likeness (QED) is 0.0942. The van der Waals surface area contributed by atoms with Crippen molar-refractivity contribution in [1.29, 1.82) is 0 Å². The molecule has 0 aliphatic carbocycles. The van der Waals surface area contributed by atoms with Crippen molar-refractivity contribution >= 4 is 29.1 Å². The summed E-state index contributed by atoms with van der Waals surface area (Å²) < 4.78 is 16.1. The van der Waals surface area contributed by atoms with E-state index in [1.807, 2.05) is 57.5 Å². The molecule has 3 N–H and O–H groups in total. The van der Waals surface area contributed by atoms with E-state index in [-0.39, 0.29) is 57.5 Å². The molecule has 0 bridgehead atoms. The molecule has 46 heavy (non-hydrogen) atoms. The van der Waals surface area contributed by atoms with Crippen LogP contribution in [-0.4, -0.2) is 104 Å². The molecule has 0 spiro atoms. The second-order valence-corrected chi connectivity index (χ2v) is 12.8. The molecule has 2 heterocycles. The minimum atomic E-state index is -0.912. The minimum Gasteiger partial charge on any atom is -0.391 e. The van der Waals surface area contributed by atoms with Crippen molar-refractivity contribution in [3.05, 3.63) is 51.5 Å². The van der Waals surface area contributed by atoms with Crippen LogP contribution in [0.2, 0.25) is 0 Å². The van der Waals surface area contributed by atoms with E-state index in [1.165, 1.54) is 4.90 Å². The van der Waals surface area contributed by atoms with Gasteiger partial charge in [-0.1, -0.05) is 50.2 Å². The van der Waals surface area contributed by atoms with Gasteiger partial charge in [0.2, 0.25) is 17.7 Å². The number of carbonyl (C=O) groups excluding carboxylic acids is 3. The average Bonchev–Trinajstić information content (AvgIpc) is 3.63. The second kappa shape index (κ2) is 18.5. The number of hydrogen-bond donors (Lipinski definition) is 3. The summed E-state index contributed by atoms with van der Waals surface area (Å²) in [6, 6.07) is 6.09. The Morgan fingerprint density at radius 2 is 1.76 bits per heavy atom.